The molecule has 1 aromatic heterocycles. The van der Waals surface area contributed by atoms with Crippen LogP contribution in [0.5, 0.6) is 5.75 Å². The number of benzene rings is 1. The Morgan fingerprint density at radius 1 is 1.32 bits per heavy atom. The number of fused-ring (bicyclic) bond motifs is 1. The van der Waals surface area contributed by atoms with Crippen LogP contribution in [0.3, 0.4) is 0 Å². The van der Waals surface area contributed by atoms with E-state index in [1.165, 1.54) is 32.0 Å². The Hall–Kier alpha value is -3.42. The summed E-state index contributed by atoms with van der Waals surface area (Å²) in [6, 6.07) is 4.32. The molecule has 3 rings (SSSR count). The van der Waals surface area contributed by atoms with Crippen LogP contribution in [0.15, 0.2) is 29.3 Å². The van der Waals surface area contributed by atoms with Gasteiger partial charge in [-0.1, -0.05) is 0 Å². The molecule has 2 N–H and O–H groups in total. The van der Waals surface area contributed by atoms with Gasteiger partial charge in [-0.3, -0.25) is 14.4 Å². The zero-order valence-corrected chi connectivity index (χ0v) is 19.7. The van der Waals surface area contributed by atoms with E-state index >= 15 is 0 Å². The number of rotatable bonds is 7. The number of anilines is 2. The third-order valence-corrected chi connectivity index (χ3v) is 6.58. The van der Waals surface area contributed by atoms with Crippen LogP contribution in [0, 0.1) is 6.92 Å². The normalized spacial score (nSPS) is 15.6. The standard InChI is InChI=1S/C20H25F2N5O6S/c1-11(2)32-20(29)24-14-5-6-17-16(7-14)27(9-15(33-17)8-23-13(4)28)34(30,31)18-10-26(19(21)22)25-12(18)3/h5-7,10-11,15,19H,8-9H2,1-4H3,(H,23,28)(H,24,29). The summed E-state index contributed by atoms with van der Waals surface area (Å²) in [7, 11) is -4.37. The van der Waals surface area contributed by atoms with E-state index in [0.717, 1.165) is 10.5 Å². The zero-order valence-electron chi connectivity index (χ0n) is 18.9. The number of aromatic nitrogens is 2. The first-order valence-corrected chi connectivity index (χ1v) is 11.7. The number of carbonyl (C=O) groups excluding carboxylic acids is 2. The second kappa shape index (κ2) is 9.83. The number of sulfonamides is 1. The minimum Gasteiger partial charge on any atom is -0.484 e. The van der Waals surface area contributed by atoms with Crippen LogP contribution in [0.1, 0.15) is 33.0 Å². The van der Waals surface area contributed by atoms with Gasteiger partial charge >= 0.3 is 12.6 Å². The molecule has 1 aliphatic heterocycles. The molecule has 11 nitrogen and oxygen atoms in total. The number of halogens is 2. The molecule has 34 heavy (non-hydrogen) atoms. The number of alkyl halides is 2. The number of nitrogens with zero attached hydrogens (tertiary/aromatic N) is 3. The fourth-order valence-corrected chi connectivity index (χ4v) is 4.94. The van der Waals surface area contributed by atoms with Crippen molar-refractivity contribution in [3.8, 4) is 5.75 Å². The van der Waals surface area contributed by atoms with Crippen molar-refractivity contribution in [3.63, 3.8) is 0 Å². The third-order valence-electron chi connectivity index (χ3n) is 4.70. The molecule has 2 aromatic rings. The van der Waals surface area contributed by atoms with Crippen LogP contribution in [0.2, 0.25) is 0 Å². The molecule has 0 aliphatic carbocycles. The van der Waals surface area contributed by atoms with Crippen molar-refractivity contribution in [2.24, 2.45) is 0 Å². The average Bonchev–Trinajstić information content (AvgIpc) is 3.14. The predicted molar refractivity (Wildman–Crippen MR) is 118 cm³/mol. The van der Waals surface area contributed by atoms with Crippen LogP contribution < -0.4 is 19.7 Å². The van der Waals surface area contributed by atoms with Crippen molar-refractivity contribution in [2.45, 2.75) is 51.3 Å². The maximum atomic E-state index is 13.5. The fraction of sp³-hybridized carbons (Fsp3) is 0.450. The highest BCUT2D eigenvalue weighted by atomic mass is 32.2. The van der Waals surface area contributed by atoms with Crippen LogP contribution >= 0.6 is 0 Å². The Bertz CT molecular complexity index is 1180. The molecule has 2 heterocycles. The van der Waals surface area contributed by atoms with Crippen molar-refractivity contribution >= 4 is 33.4 Å². The quantitative estimate of drug-likeness (QED) is 0.596. The minimum atomic E-state index is -4.37. The lowest BCUT2D eigenvalue weighted by Crippen LogP contribution is -2.48. The molecular weight excluding hydrogens is 476 g/mol. The number of amides is 2. The summed E-state index contributed by atoms with van der Waals surface area (Å²) in [5, 5.41) is 8.66. The van der Waals surface area contributed by atoms with Crippen molar-refractivity contribution in [1.82, 2.24) is 15.1 Å². The SMILES string of the molecule is CC(=O)NCC1CN(S(=O)(=O)c2cn(C(F)F)nc2C)c2cc(NC(=O)OC(C)C)ccc2O1. The maximum absolute atomic E-state index is 13.5. The van der Waals surface area contributed by atoms with E-state index in [2.05, 4.69) is 15.7 Å². The number of nitrogens with one attached hydrogen (secondary N) is 2. The molecule has 0 fully saturated rings. The molecule has 186 valence electrons. The van der Waals surface area contributed by atoms with Crippen molar-refractivity contribution in [1.29, 1.82) is 0 Å². The topological polar surface area (TPSA) is 132 Å². The third kappa shape index (κ3) is 5.55. The summed E-state index contributed by atoms with van der Waals surface area (Å²) in [4.78, 5) is 22.9. The molecule has 14 heteroatoms. The second-order valence-corrected chi connectivity index (χ2v) is 9.64. The first-order chi connectivity index (χ1) is 15.9. The van der Waals surface area contributed by atoms with E-state index in [4.69, 9.17) is 9.47 Å². The maximum Gasteiger partial charge on any atom is 0.411 e. The van der Waals surface area contributed by atoms with E-state index < -0.39 is 33.7 Å². The fourth-order valence-electron chi connectivity index (χ4n) is 3.28. The summed E-state index contributed by atoms with van der Waals surface area (Å²) < 4.78 is 65.4. The highest BCUT2D eigenvalue weighted by Crippen LogP contribution is 2.39. The smallest absolute Gasteiger partial charge is 0.411 e. The monoisotopic (exact) mass is 501 g/mol. The van der Waals surface area contributed by atoms with E-state index in [0.29, 0.717) is 0 Å². The molecule has 1 atom stereocenters. The Morgan fingerprint density at radius 3 is 2.62 bits per heavy atom. The van der Waals surface area contributed by atoms with E-state index in [9.17, 15) is 26.8 Å². The lowest BCUT2D eigenvalue weighted by Gasteiger charge is -2.35. The van der Waals surface area contributed by atoms with Gasteiger partial charge in [0.25, 0.3) is 10.0 Å². The van der Waals surface area contributed by atoms with E-state index in [1.807, 2.05) is 0 Å². The number of ether oxygens (including phenoxy) is 2. The number of hydrogen-bond donors (Lipinski definition) is 2. The summed E-state index contributed by atoms with van der Waals surface area (Å²) in [5.74, 6) is -0.173. The van der Waals surface area contributed by atoms with Gasteiger partial charge in [0.15, 0.2) is 0 Å². The van der Waals surface area contributed by atoms with Crippen molar-refractivity contribution < 1.29 is 36.3 Å². The molecular formula is C20H25F2N5O6S. The Morgan fingerprint density at radius 2 is 2.03 bits per heavy atom. The molecule has 0 radical (unpaired) electrons. The average molecular weight is 502 g/mol. The van der Waals surface area contributed by atoms with Gasteiger partial charge in [0.1, 0.15) is 16.7 Å². The Balaban J connectivity index is 2.02. The van der Waals surface area contributed by atoms with E-state index in [1.54, 1.807) is 13.8 Å². The van der Waals surface area contributed by atoms with Gasteiger partial charge in [0.05, 0.1) is 36.8 Å². The molecule has 0 saturated heterocycles. The summed E-state index contributed by atoms with van der Waals surface area (Å²) in [5.41, 5.74) is 0.195. The van der Waals surface area contributed by atoms with Crippen molar-refractivity contribution in [2.75, 3.05) is 22.7 Å². The lowest BCUT2D eigenvalue weighted by molar-refractivity contribution is -0.119. The summed E-state index contributed by atoms with van der Waals surface area (Å²) in [6.45, 7) is 2.72. The van der Waals surface area contributed by atoms with Gasteiger partial charge in [-0.15, -0.1) is 0 Å². The number of aryl methyl sites for hydroxylation is 1. The summed E-state index contributed by atoms with van der Waals surface area (Å²) >= 11 is 0. The van der Waals surface area contributed by atoms with Crippen molar-refractivity contribution in [3.05, 3.63) is 30.1 Å². The van der Waals surface area contributed by atoms with Gasteiger partial charge in [0.2, 0.25) is 5.91 Å². The number of carbonyl (C=O) groups is 2. The molecule has 1 aromatic carbocycles. The molecule has 0 saturated carbocycles. The minimum absolute atomic E-state index is 0.0107. The van der Waals surface area contributed by atoms with Gasteiger partial charge in [-0.05, 0) is 39.0 Å². The van der Waals surface area contributed by atoms with Gasteiger partial charge in [-0.2, -0.15) is 13.9 Å². The van der Waals surface area contributed by atoms with Crippen LogP contribution in [-0.2, 0) is 19.6 Å². The molecule has 1 aliphatic rings. The van der Waals surface area contributed by atoms with Crippen LogP contribution in [-0.4, -0.2) is 55.5 Å². The molecule has 2 amide bonds. The number of hydrogen-bond acceptors (Lipinski definition) is 7. The largest absolute Gasteiger partial charge is 0.484 e. The van der Waals surface area contributed by atoms with Crippen LogP contribution in [0.25, 0.3) is 0 Å². The van der Waals surface area contributed by atoms with Gasteiger partial charge in [0, 0.05) is 12.6 Å². The van der Waals surface area contributed by atoms with Crippen LogP contribution in [0.4, 0.5) is 25.0 Å². The first-order valence-electron chi connectivity index (χ1n) is 10.3. The Labute approximate surface area is 195 Å². The second-order valence-electron chi connectivity index (χ2n) is 7.81. The molecule has 0 bridgehead atoms. The predicted octanol–water partition coefficient (Wildman–Crippen LogP) is 2.64. The molecule has 0 spiro atoms. The highest BCUT2D eigenvalue weighted by molar-refractivity contribution is 7.92. The first kappa shape index (κ1) is 25.2. The zero-order chi connectivity index (χ0) is 25.2. The van der Waals surface area contributed by atoms with E-state index in [-0.39, 0.29) is 52.6 Å². The molecule has 1 unspecified atom stereocenters. The lowest BCUT2D eigenvalue weighted by atomic mass is 10.2. The summed E-state index contributed by atoms with van der Waals surface area (Å²) in [6.07, 6.45) is -1.11. The highest BCUT2D eigenvalue weighted by Gasteiger charge is 2.37. The Kier molecular flexibility index (Phi) is 7.29. The van der Waals surface area contributed by atoms with Gasteiger partial charge < -0.3 is 14.8 Å². The van der Waals surface area contributed by atoms with Gasteiger partial charge in [-0.25, -0.2) is 17.9 Å².